The molecule has 1 aromatic heterocycles. The van der Waals surface area contributed by atoms with E-state index < -0.39 is 5.97 Å². The van der Waals surface area contributed by atoms with Crippen LogP contribution >= 0.6 is 0 Å². The second-order valence-corrected chi connectivity index (χ2v) is 4.84. The van der Waals surface area contributed by atoms with Gasteiger partial charge < -0.3 is 14.4 Å². The van der Waals surface area contributed by atoms with Crippen molar-refractivity contribution in [3.8, 4) is 0 Å². The van der Waals surface area contributed by atoms with E-state index in [1.165, 1.54) is 0 Å². The molecular weight excluding hydrogens is 244 g/mol. The minimum Gasteiger partial charge on any atom is -0.478 e. The molecule has 5 heteroatoms. The molecule has 0 amide bonds. The van der Waals surface area contributed by atoms with Gasteiger partial charge in [0.2, 0.25) is 0 Å². The van der Waals surface area contributed by atoms with E-state index in [1.54, 1.807) is 18.5 Å². The molecule has 1 aliphatic heterocycles. The fraction of sp³-hybridized carbons (Fsp3) is 0.429. The third kappa shape index (κ3) is 2.10. The van der Waals surface area contributed by atoms with E-state index in [0.29, 0.717) is 5.56 Å². The van der Waals surface area contributed by atoms with E-state index in [2.05, 4.69) is 4.98 Å². The van der Waals surface area contributed by atoms with Crippen molar-refractivity contribution in [1.29, 1.82) is 0 Å². The van der Waals surface area contributed by atoms with Crippen LogP contribution in [0.4, 0.5) is 0 Å². The van der Waals surface area contributed by atoms with Crippen LogP contribution in [-0.2, 0) is 17.7 Å². The molecule has 1 fully saturated rings. The van der Waals surface area contributed by atoms with Gasteiger partial charge in [0.15, 0.2) is 0 Å². The highest BCUT2D eigenvalue weighted by molar-refractivity contribution is 5.93. The summed E-state index contributed by atoms with van der Waals surface area (Å²) < 4.78 is 7.41. The van der Waals surface area contributed by atoms with E-state index >= 15 is 0 Å². The van der Waals surface area contributed by atoms with Crippen molar-refractivity contribution in [2.24, 2.45) is 0 Å². The Balaban J connectivity index is 2.08. The fourth-order valence-corrected chi connectivity index (χ4v) is 2.42. The number of ether oxygens (including phenoxy) is 1. The Morgan fingerprint density at radius 1 is 1.58 bits per heavy atom. The monoisotopic (exact) mass is 260 g/mol. The minimum atomic E-state index is -0.899. The van der Waals surface area contributed by atoms with Crippen molar-refractivity contribution >= 4 is 17.0 Å². The van der Waals surface area contributed by atoms with Gasteiger partial charge in [-0.15, -0.1) is 0 Å². The first-order valence-corrected chi connectivity index (χ1v) is 6.51. The second kappa shape index (κ2) is 4.66. The first kappa shape index (κ1) is 12.2. The van der Waals surface area contributed by atoms with Crippen LogP contribution in [0, 0.1) is 0 Å². The number of hydrogen-bond donors (Lipinski definition) is 1. The van der Waals surface area contributed by atoms with Gasteiger partial charge in [-0.25, -0.2) is 9.78 Å². The first-order valence-electron chi connectivity index (χ1n) is 6.51. The second-order valence-electron chi connectivity index (χ2n) is 4.84. The number of benzene rings is 1. The lowest BCUT2D eigenvalue weighted by Crippen LogP contribution is -2.30. The third-order valence-corrected chi connectivity index (χ3v) is 3.63. The van der Waals surface area contributed by atoms with Gasteiger partial charge in [0.25, 0.3) is 0 Å². The van der Waals surface area contributed by atoms with Crippen LogP contribution in [-0.4, -0.2) is 33.3 Å². The van der Waals surface area contributed by atoms with Crippen LogP contribution < -0.4 is 0 Å². The molecule has 19 heavy (non-hydrogen) atoms. The van der Waals surface area contributed by atoms with E-state index in [4.69, 9.17) is 4.74 Å². The van der Waals surface area contributed by atoms with E-state index in [9.17, 15) is 9.90 Å². The van der Waals surface area contributed by atoms with Crippen molar-refractivity contribution in [2.75, 3.05) is 6.61 Å². The summed E-state index contributed by atoms with van der Waals surface area (Å²) in [7, 11) is 0. The zero-order valence-electron chi connectivity index (χ0n) is 10.8. The third-order valence-electron chi connectivity index (χ3n) is 3.63. The lowest BCUT2D eigenvalue weighted by molar-refractivity contribution is -0.0586. The van der Waals surface area contributed by atoms with Gasteiger partial charge in [-0.05, 0) is 30.5 Å². The topological polar surface area (TPSA) is 64.3 Å². The summed E-state index contributed by atoms with van der Waals surface area (Å²) in [6.07, 6.45) is 3.83. The van der Waals surface area contributed by atoms with Crippen LogP contribution in [0.25, 0.3) is 11.0 Å². The number of carbonyl (C=O) groups is 1. The molecule has 3 rings (SSSR count). The summed E-state index contributed by atoms with van der Waals surface area (Å²) in [5.74, 6) is -0.899. The van der Waals surface area contributed by atoms with Crippen LogP contribution in [0.15, 0.2) is 18.5 Å². The van der Waals surface area contributed by atoms with Crippen LogP contribution in [0.1, 0.15) is 29.3 Å². The maximum absolute atomic E-state index is 11.2. The number of carboxylic acids is 1. The van der Waals surface area contributed by atoms with Gasteiger partial charge >= 0.3 is 5.97 Å². The summed E-state index contributed by atoms with van der Waals surface area (Å²) in [5.41, 5.74) is 3.07. The number of hydrogen-bond acceptors (Lipinski definition) is 3. The maximum atomic E-state index is 11.2. The molecule has 1 N–H and O–H groups in total. The van der Waals surface area contributed by atoms with Gasteiger partial charge in [0.05, 0.1) is 35.6 Å². The van der Waals surface area contributed by atoms with E-state index in [1.807, 2.05) is 11.5 Å². The molecule has 1 atom stereocenters. The van der Waals surface area contributed by atoms with Crippen molar-refractivity contribution in [3.63, 3.8) is 0 Å². The Morgan fingerprint density at radius 3 is 2.95 bits per heavy atom. The lowest BCUT2D eigenvalue weighted by atomic mass is 10.1. The van der Waals surface area contributed by atoms with Crippen LogP contribution in [0.2, 0.25) is 0 Å². The zero-order valence-corrected chi connectivity index (χ0v) is 10.8. The summed E-state index contributed by atoms with van der Waals surface area (Å²) >= 11 is 0. The summed E-state index contributed by atoms with van der Waals surface area (Å²) in [4.78, 5) is 15.6. The number of fused-ring (bicyclic) bond motifs is 1. The average molecular weight is 260 g/mol. The average Bonchev–Trinajstić information content (AvgIpc) is 2.75. The minimum absolute atomic E-state index is 0.232. The number of rotatable bonds is 4. The molecule has 2 heterocycles. The molecule has 100 valence electrons. The normalized spacial score (nSPS) is 18.5. The molecule has 5 nitrogen and oxygen atoms in total. The molecule has 0 spiro atoms. The highest BCUT2D eigenvalue weighted by atomic mass is 16.5. The van der Waals surface area contributed by atoms with Crippen molar-refractivity contribution in [1.82, 2.24) is 9.55 Å². The Kier molecular flexibility index (Phi) is 2.98. The molecule has 0 radical (unpaired) electrons. The van der Waals surface area contributed by atoms with Crippen molar-refractivity contribution in [3.05, 3.63) is 29.6 Å². The van der Waals surface area contributed by atoms with Gasteiger partial charge in [0, 0.05) is 6.61 Å². The van der Waals surface area contributed by atoms with Gasteiger partial charge in [-0.1, -0.05) is 6.92 Å². The Morgan fingerprint density at radius 2 is 2.37 bits per heavy atom. The maximum Gasteiger partial charge on any atom is 0.335 e. The molecule has 1 aliphatic rings. The fourth-order valence-electron chi connectivity index (χ4n) is 2.42. The molecule has 2 aromatic rings. The largest absolute Gasteiger partial charge is 0.478 e. The van der Waals surface area contributed by atoms with E-state index in [-0.39, 0.29) is 6.10 Å². The summed E-state index contributed by atoms with van der Waals surface area (Å²) in [6.45, 7) is 3.56. The van der Waals surface area contributed by atoms with Gasteiger partial charge in [-0.2, -0.15) is 0 Å². The SMILES string of the molecule is CCc1cc(C(=O)O)cc2c1ncn2CC1CCO1. The van der Waals surface area contributed by atoms with E-state index in [0.717, 1.165) is 42.6 Å². The molecule has 1 saturated heterocycles. The molecule has 1 unspecified atom stereocenters. The quantitative estimate of drug-likeness (QED) is 0.914. The highest BCUT2D eigenvalue weighted by Crippen LogP contribution is 2.23. The Bertz CT molecular complexity index is 629. The molecule has 0 bridgehead atoms. The smallest absolute Gasteiger partial charge is 0.335 e. The Labute approximate surface area is 110 Å². The molecule has 0 saturated carbocycles. The Hall–Kier alpha value is -1.88. The van der Waals surface area contributed by atoms with Crippen LogP contribution in [0.5, 0.6) is 0 Å². The predicted molar refractivity (Wildman–Crippen MR) is 70.4 cm³/mol. The van der Waals surface area contributed by atoms with Gasteiger partial charge in [0.1, 0.15) is 0 Å². The molecule has 0 aliphatic carbocycles. The summed E-state index contributed by atoms with van der Waals surface area (Å²) in [6, 6.07) is 3.41. The van der Waals surface area contributed by atoms with Gasteiger partial charge in [-0.3, -0.25) is 0 Å². The van der Waals surface area contributed by atoms with Crippen molar-refractivity contribution < 1.29 is 14.6 Å². The number of carboxylic acid groups (broad SMARTS) is 1. The standard InChI is InChI=1S/C14H16N2O3/c1-2-9-5-10(14(17)18)6-12-13(9)15-8-16(12)7-11-3-4-19-11/h5-6,8,11H,2-4,7H2,1H3,(H,17,18). The number of aromatic carboxylic acids is 1. The zero-order chi connectivity index (χ0) is 13.4. The summed E-state index contributed by atoms with van der Waals surface area (Å²) in [5, 5.41) is 9.18. The molecular formula is C14H16N2O3. The number of nitrogens with zero attached hydrogens (tertiary/aromatic N) is 2. The van der Waals surface area contributed by atoms with Crippen LogP contribution in [0.3, 0.4) is 0 Å². The lowest BCUT2D eigenvalue weighted by Gasteiger charge is -2.26. The first-order chi connectivity index (χ1) is 9.19. The number of aromatic nitrogens is 2. The van der Waals surface area contributed by atoms with Crippen molar-refractivity contribution in [2.45, 2.75) is 32.4 Å². The predicted octanol–water partition coefficient (Wildman–Crippen LogP) is 2.09. The highest BCUT2D eigenvalue weighted by Gasteiger charge is 2.20. The number of imidazole rings is 1. The number of aryl methyl sites for hydroxylation is 1. The molecule has 1 aromatic carbocycles.